The van der Waals surface area contributed by atoms with Crippen molar-refractivity contribution in [2.75, 3.05) is 10.6 Å². The maximum absolute atomic E-state index is 14.0. The predicted octanol–water partition coefficient (Wildman–Crippen LogP) is 12.6. The van der Waals surface area contributed by atoms with Gasteiger partial charge in [-0.05, 0) is 106 Å². The molecule has 12 heteroatoms. The number of anilines is 2. The van der Waals surface area contributed by atoms with E-state index in [1.807, 2.05) is 73.7 Å². The second-order valence-corrected chi connectivity index (χ2v) is 15.2. The summed E-state index contributed by atoms with van der Waals surface area (Å²) < 4.78 is 0. The highest BCUT2D eigenvalue weighted by molar-refractivity contribution is 6.34. The molecule has 1 aliphatic carbocycles. The number of azo groups is 2. The second kappa shape index (κ2) is 16.7. The molecular weight excluding hydrogens is 800 g/mol. The highest BCUT2D eigenvalue weighted by atomic mass is 35.5. The summed E-state index contributed by atoms with van der Waals surface area (Å²) in [6.07, 6.45) is -0.0547. The minimum Gasteiger partial charge on any atom is -0.505 e. The third-order valence-electron chi connectivity index (χ3n) is 10.7. The van der Waals surface area contributed by atoms with Crippen LogP contribution in [0.5, 0.6) is 5.75 Å². The number of aliphatic hydroxyl groups is 1. The molecule has 0 aliphatic heterocycles. The number of ketones is 1. The molecule has 8 aromatic rings. The van der Waals surface area contributed by atoms with Gasteiger partial charge in [0, 0.05) is 27.6 Å². The molecule has 0 fully saturated rings. The van der Waals surface area contributed by atoms with Crippen LogP contribution in [0.3, 0.4) is 0 Å². The maximum Gasteiger partial charge on any atom is 0.259 e. The normalized spacial score (nSPS) is 12.0. The number of hydrogen-bond donors (Lipinski definition) is 4. The molecule has 0 saturated carbocycles. The van der Waals surface area contributed by atoms with E-state index in [1.54, 1.807) is 78.9 Å². The Kier molecular flexibility index (Phi) is 10.6. The number of aryl methyl sites for hydroxylation is 1. The van der Waals surface area contributed by atoms with Crippen LogP contribution in [0.1, 0.15) is 43.0 Å². The molecule has 0 aromatic heterocycles. The quantitative estimate of drug-likeness (QED) is 0.101. The number of phenols is 1. The van der Waals surface area contributed by atoms with E-state index in [0.717, 1.165) is 21.9 Å². The molecule has 1 aliphatic rings. The molecule has 0 atom stereocenters. The van der Waals surface area contributed by atoms with Crippen LogP contribution in [0, 0.1) is 6.92 Å². The Labute approximate surface area is 360 Å². The van der Waals surface area contributed by atoms with Gasteiger partial charge in [0.2, 0.25) is 5.91 Å². The molecule has 302 valence electrons. The minimum atomic E-state index is -0.577. The summed E-state index contributed by atoms with van der Waals surface area (Å²) in [5, 5.41) is 48.7. The zero-order valence-electron chi connectivity index (χ0n) is 33.1. The molecule has 0 heterocycles. The summed E-state index contributed by atoms with van der Waals surface area (Å²) in [4.78, 5) is 40.7. The van der Waals surface area contributed by atoms with Crippen LogP contribution in [0.15, 0.2) is 166 Å². The van der Waals surface area contributed by atoms with E-state index in [2.05, 4.69) is 31.1 Å². The van der Waals surface area contributed by atoms with Gasteiger partial charge in [0.05, 0.1) is 46.4 Å². The number of nitrogens with zero attached hydrogens (tertiary/aromatic N) is 4. The van der Waals surface area contributed by atoms with Crippen LogP contribution in [-0.2, 0) is 17.8 Å². The first-order valence-corrected chi connectivity index (χ1v) is 20.0. The molecule has 0 saturated heterocycles. The second-order valence-electron chi connectivity index (χ2n) is 14.8. The number of aromatic hydroxyl groups is 1. The highest BCUT2D eigenvalue weighted by Crippen LogP contribution is 2.43. The van der Waals surface area contributed by atoms with E-state index in [1.165, 1.54) is 0 Å². The van der Waals surface area contributed by atoms with Crippen LogP contribution < -0.4 is 10.6 Å². The van der Waals surface area contributed by atoms with E-state index >= 15 is 0 Å². The lowest BCUT2D eigenvalue weighted by Crippen LogP contribution is -2.16. The van der Waals surface area contributed by atoms with Gasteiger partial charge in [-0.1, -0.05) is 96.5 Å². The summed E-state index contributed by atoms with van der Waals surface area (Å²) in [5.41, 5.74) is 6.72. The third-order valence-corrected chi connectivity index (χ3v) is 11.0. The molecule has 9 rings (SSSR count). The molecule has 8 aromatic carbocycles. The van der Waals surface area contributed by atoms with E-state index < -0.39 is 5.91 Å². The van der Waals surface area contributed by atoms with Crippen molar-refractivity contribution in [2.45, 2.75) is 20.0 Å². The first-order chi connectivity index (χ1) is 30.1. The van der Waals surface area contributed by atoms with E-state index in [4.69, 9.17) is 11.6 Å². The largest absolute Gasteiger partial charge is 0.505 e. The van der Waals surface area contributed by atoms with Crippen molar-refractivity contribution in [3.8, 4) is 16.9 Å². The number of aliphatic hydroxyl groups excluding tert-OH is 1. The summed E-state index contributed by atoms with van der Waals surface area (Å²) in [7, 11) is 0. The minimum absolute atomic E-state index is 0.0146. The highest BCUT2D eigenvalue weighted by Gasteiger charge is 2.28. The van der Waals surface area contributed by atoms with Gasteiger partial charge in [-0.2, -0.15) is 10.2 Å². The average Bonchev–Trinajstić information content (AvgIpc) is 3.55. The summed E-state index contributed by atoms with van der Waals surface area (Å²) in [6.45, 7) is 1.64. The molecule has 2 amide bonds. The number of nitrogens with one attached hydrogen (secondary N) is 2. The third kappa shape index (κ3) is 7.69. The number of benzene rings is 8. The van der Waals surface area contributed by atoms with Gasteiger partial charge in [-0.3, -0.25) is 14.4 Å². The average molecular weight is 835 g/mol. The van der Waals surface area contributed by atoms with Crippen LogP contribution in [0.4, 0.5) is 34.1 Å². The van der Waals surface area contributed by atoms with Gasteiger partial charge in [0.25, 0.3) is 5.91 Å². The van der Waals surface area contributed by atoms with Crippen LogP contribution in [0.25, 0.3) is 32.7 Å². The van der Waals surface area contributed by atoms with Crippen LogP contribution in [-0.4, -0.2) is 27.8 Å². The van der Waals surface area contributed by atoms with E-state index in [0.29, 0.717) is 72.0 Å². The maximum atomic E-state index is 14.0. The van der Waals surface area contributed by atoms with Gasteiger partial charge in [0.15, 0.2) is 11.5 Å². The number of carbonyl (C=O) groups is 3. The first-order valence-electron chi connectivity index (χ1n) is 19.6. The van der Waals surface area contributed by atoms with E-state index in [9.17, 15) is 24.6 Å². The van der Waals surface area contributed by atoms with Crippen molar-refractivity contribution in [1.82, 2.24) is 0 Å². The zero-order chi connectivity index (χ0) is 42.9. The fourth-order valence-electron chi connectivity index (χ4n) is 7.71. The number of carbonyl (C=O) groups excluding carboxylic acids is 3. The van der Waals surface area contributed by atoms with Crippen molar-refractivity contribution >= 4 is 84.9 Å². The number of hydrogen-bond acceptors (Lipinski definition) is 9. The van der Waals surface area contributed by atoms with Crippen molar-refractivity contribution in [3.05, 3.63) is 184 Å². The Morgan fingerprint density at radius 1 is 0.629 bits per heavy atom. The SMILES string of the molecule is Cc1cccc(NC(=O)Cc2c(CO)cc3ccccc3c2N=Nc2ccc3c(c2)C(=O)c2cc(N=Nc4c(O)c(C(=O)Nc5ccccc5Cl)cc5ccccc45)ccc2-3)c1. The van der Waals surface area contributed by atoms with Gasteiger partial charge in [-0.25, -0.2) is 0 Å². The molecule has 0 radical (unpaired) electrons. The lowest BCUT2D eigenvalue weighted by molar-refractivity contribution is -0.115. The Balaban J connectivity index is 1.000. The zero-order valence-corrected chi connectivity index (χ0v) is 33.8. The Bertz CT molecular complexity index is 3220. The van der Waals surface area contributed by atoms with Crippen molar-refractivity contribution in [3.63, 3.8) is 0 Å². The number of para-hydroxylation sites is 1. The number of halogens is 1. The fourth-order valence-corrected chi connectivity index (χ4v) is 7.89. The standard InChI is InChI=1S/C50H35ClN6O5/c1-28-9-8-12-32(21-28)52-45(59)26-39-31(27-58)22-29-10-2-4-13-35(29)46(39)56-54-33-17-19-37-38-20-18-34(25-41(38)48(60)40(37)24-33)55-57-47-36-14-5-3-11-30(36)23-42(49(47)61)50(62)53-44-16-7-6-15-43(44)51/h2-25,58,61H,26-27H2,1H3,(H,52,59)(H,53,62). The number of fused-ring (bicyclic) bond motifs is 5. The molecule has 4 N–H and O–H groups in total. The monoisotopic (exact) mass is 834 g/mol. The summed E-state index contributed by atoms with van der Waals surface area (Å²) >= 11 is 6.27. The summed E-state index contributed by atoms with van der Waals surface area (Å²) in [6, 6.07) is 42.9. The molecular formula is C50H35ClN6O5. The lowest BCUT2D eigenvalue weighted by atomic mass is 9.96. The molecule has 0 bridgehead atoms. The Morgan fingerprint density at radius 3 is 1.90 bits per heavy atom. The van der Waals surface area contributed by atoms with Crippen LogP contribution >= 0.6 is 11.6 Å². The van der Waals surface area contributed by atoms with Crippen molar-refractivity contribution < 1.29 is 24.6 Å². The lowest BCUT2D eigenvalue weighted by Gasteiger charge is -2.14. The van der Waals surface area contributed by atoms with Crippen molar-refractivity contribution in [1.29, 1.82) is 0 Å². The smallest absolute Gasteiger partial charge is 0.259 e. The molecule has 62 heavy (non-hydrogen) atoms. The van der Waals surface area contributed by atoms with Gasteiger partial charge < -0.3 is 20.8 Å². The van der Waals surface area contributed by atoms with Gasteiger partial charge in [-0.15, -0.1) is 10.2 Å². The van der Waals surface area contributed by atoms with E-state index in [-0.39, 0.29) is 41.7 Å². The fraction of sp³-hybridized carbons (Fsp3) is 0.0600. The summed E-state index contributed by atoms with van der Waals surface area (Å²) in [5.74, 6) is -1.45. The number of amides is 2. The molecule has 11 nitrogen and oxygen atoms in total. The molecule has 0 spiro atoms. The van der Waals surface area contributed by atoms with Crippen LogP contribution in [0.2, 0.25) is 5.02 Å². The predicted molar refractivity (Wildman–Crippen MR) is 242 cm³/mol. The van der Waals surface area contributed by atoms with Crippen molar-refractivity contribution in [2.24, 2.45) is 20.5 Å². The number of rotatable bonds is 10. The Hall–Kier alpha value is -7.86. The Morgan fingerprint density at radius 2 is 1.24 bits per heavy atom. The van der Waals surface area contributed by atoms with Gasteiger partial charge in [0.1, 0.15) is 5.69 Å². The molecule has 0 unspecified atom stereocenters. The topological polar surface area (TPSA) is 165 Å². The van der Waals surface area contributed by atoms with Gasteiger partial charge >= 0.3 is 0 Å². The number of phenolic OH excluding ortho intramolecular Hbond substituents is 1. The first kappa shape index (κ1) is 39.6.